The fourth-order valence-corrected chi connectivity index (χ4v) is 2.75. The number of carbonyl (C=O) groups is 2. The number of carbonyl (C=O) groups excluding carboxylic acids is 2. The van der Waals surface area contributed by atoms with Gasteiger partial charge in [0.15, 0.2) is 0 Å². The maximum Gasteiger partial charge on any atom is 0.241 e. The monoisotopic (exact) mass is 253 g/mol. The average molecular weight is 253 g/mol. The van der Waals surface area contributed by atoms with Crippen LogP contribution in [0.3, 0.4) is 0 Å². The first-order chi connectivity index (χ1) is 8.68. The van der Waals surface area contributed by atoms with Gasteiger partial charge in [-0.05, 0) is 38.1 Å². The molecule has 0 bridgehead atoms. The minimum absolute atomic E-state index is 0.0326. The number of nitrogens with zero attached hydrogens (tertiary/aromatic N) is 1. The van der Waals surface area contributed by atoms with Crippen molar-refractivity contribution in [3.05, 3.63) is 0 Å². The molecular weight excluding hydrogens is 230 g/mol. The van der Waals surface area contributed by atoms with Crippen LogP contribution >= 0.6 is 0 Å². The zero-order valence-electron chi connectivity index (χ0n) is 11.1. The van der Waals surface area contributed by atoms with Crippen LogP contribution in [0.1, 0.15) is 32.6 Å². The molecule has 18 heavy (non-hydrogen) atoms. The van der Waals surface area contributed by atoms with Gasteiger partial charge in [0.1, 0.15) is 0 Å². The lowest BCUT2D eigenvalue weighted by Crippen LogP contribution is -2.52. The molecule has 0 aromatic carbocycles. The highest BCUT2D eigenvalue weighted by molar-refractivity contribution is 5.87. The first-order valence-corrected chi connectivity index (χ1v) is 6.97. The van der Waals surface area contributed by atoms with Gasteiger partial charge in [-0.15, -0.1) is 0 Å². The van der Waals surface area contributed by atoms with Crippen molar-refractivity contribution >= 4 is 11.8 Å². The van der Waals surface area contributed by atoms with Gasteiger partial charge in [-0.25, -0.2) is 0 Å². The molecule has 2 aliphatic rings. The fourth-order valence-electron chi connectivity index (χ4n) is 2.75. The van der Waals surface area contributed by atoms with Crippen molar-refractivity contribution in [3.8, 4) is 0 Å². The van der Waals surface area contributed by atoms with E-state index in [0.29, 0.717) is 5.92 Å². The van der Waals surface area contributed by atoms with E-state index in [0.717, 1.165) is 45.3 Å². The molecule has 0 aromatic heterocycles. The van der Waals surface area contributed by atoms with Crippen LogP contribution in [0.4, 0.5) is 0 Å². The molecule has 0 radical (unpaired) electrons. The lowest BCUT2D eigenvalue weighted by molar-refractivity contribution is -0.133. The molecule has 2 fully saturated rings. The Morgan fingerprint density at radius 1 is 1.28 bits per heavy atom. The maximum absolute atomic E-state index is 12.0. The number of nitrogens with one attached hydrogen (secondary N) is 2. The highest BCUT2D eigenvalue weighted by atomic mass is 16.2. The first-order valence-electron chi connectivity index (χ1n) is 6.97. The Bertz CT molecular complexity index is 313. The summed E-state index contributed by atoms with van der Waals surface area (Å²) in [5, 5.41) is 5.99. The van der Waals surface area contributed by atoms with E-state index >= 15 is 0 Å². The molecule has 2 unspecified atom stereocenters. The molecule has 102 valence electrons. The van der Waals surface area contributed by atoms with Crippen LogP contribution in [-0.2, 0) is 9.59 Å². The van der Waals surface area contributed by atoms with Crippen LogP contribution in [0.2, 0.25) is 0 Å². The summed E-state index contributed by atoms with van der Waals surface area (Å²) in [4.78, 5) is 25.6. The summed E-state index contributed by atoms with van der Waals surface area (Å²) >= 11 is 0. The van der Waals surface area contributed by atoms with Gasteiger partial charge in [-0.1, -0.05) is 6.92 Å². The van der Waals surface area contributed by atoms with Gasteiger partial charge in [0.2, 0.25) is 11.8 Å². The van der Waals surface area contributed by atoms with E-state index in [4.69, 9.17) is 0 Å². The lowest BCUT2D eigenvalue weighted by Gasteiger charge is -2.29. The normalized spacial score (nSPS) is 28.2. The van der Waals surface area contributed by atoms with Crippen molar-refractivity contribution in [3.63, 3.8) is 0 Å². The van der Waals surface area contributed by atoms with E-state index in [-0.39, 0.29) is 24.4 Å². The second-order valence-corrected chi connectivity index (χ2v) is 5.36. The summed E-state index contributed by atoms with van der Waals surface area (Å²) in [6.45, 7) is 4.80. The Morgan fingerprint density at radius 3 is 2.67 bits per heavy atom. The van der Waals surface area contributed by atoms with Crippen molar-refractivity contribution in [1.29, 1.82) is 0 Å². The molecule has 5 nitrogen and oxygen atoms in total. The Labute approximate surface area is 108 Å². The number of hydrogen-bond donors (Lipinski definition) is 2. The lowest BCUT2D eigenvalue weighted by atomic mass is 9.92. The minimum Gasteiger partial charge on any atom is -0.346 e. The molecule has 5 heteroatoms. The number of amides is 2. The van der Waals surface area contributed by atoms with Crippen LogP contribution in [0.25, 0.3) is 0 Å². The third kappa shape index (κ3) is 3.22. The summed E-state index contributed by atoms with van der Waals surface area (Å²) in [5.74, 6) is 0.361. The molecule has 2 rings (SSSR count). The summed E-state index contributed by atoms with van der Waals surface area (Å²) in [7, 11) is 0. The standard InChI is InChI=1S/C13H23N3O2/c1-10-5-4-6-14-12(10)13(18)15-9-11(17)16-7-2-3-8-16/h10,12,14H,2-9H2,1H3,(H,15,18). The zero-order chi connectivity index (χ0) is 13.0. The summed E-state index contributed by atoms with van der Waals surface area (Å²) in [6, 6.07) is -0.134. The average Bonchev–Trinajstić information content (AvgIpc) is 2.90. The molecule has 0 aliphatic carbocycles. The maximum atomic E-state index is 12.0. The highest BCUT2D eigenvalue weighted by Gasteiger charge is 2.28. The Balaban J connectivity index is 1.75. The molecule has 0 aromatic rings. The quantitative estimate of drug-likeness (QED) is 0.750. The van der Waals surface area contributed by atoms with E-state index < -0.39 is 0 Å². The molecule has 2 amide bonds. The van der Waals surface area contributed by atoms with Gasteiger partial charge >= 0.3 is 0 Å². The largest absolute Gasteiger partial charge is 0.346 e. The topological polar surface area (TPSA) is 61.4 Å². The predicted molar refractivity (Wildman–Crippen MR) is 69.0 cm³/mol. The molecular formula is C13H23N3O2. The third-order valence-electron chi connectivity index (χ3n) is 3.92. The zero-order valence-corrected chi connectivity index (χ0v) is 11.1. The predicted octanol–water partition coefficient (Wildman–Crippen LogP) is 0.113. The Kier molecular flexibility index (Phi) is 4.58. The second-order valence-electron chi connectivity index (χ2n) is 5.36. The van der Waals surface area contributed by atoms with Gasteiger partial charge in [-0.2, -0.15) is 0 Å². The van der Waals surface area contributed by atoms with Gasteiger partial charge in [0.25, 0.3) is 0 Å². The van der Waals surface area contributed by atoms with Crippen LogP contribution in [0, 0.1) is 5.92 Å². The third-order valence-corrected chi connectivity index (χ3v) is 3.92. The SMILES string of the molecule is CC1CCCNC1C(=O)NCC(=O)N1CCCC1. The van der Waals surface area contributed by atoms with E-state index in [2.05, 4.69) is 17.6 Å². The van der Waals surface area contributed by atoms with Crippen molar-refractivity contribution in [2.75, 3.05) is 26.2 Å². The van der Waals surface area contributed by atoms with E-state index in [1.54, 1.807) is 0 Å². The van der Waals surface area contributed by atoms with Crippen LogP contribution < -0.4 is 10.6 Å². The summed E-state index contributed by atoms with van der Waals surface area (Å²) in [5.41, 5.74) is 0. The molecule has 2 N–H and O–H groups in total. The van der Waals surface area contributed by atoms with Crippen molar-refractivity contribution in [2.24, 2.45) is 5.92 Å². The number of likely N-dealkylation sites (tertiary alicyclic amines) is 1. The van der Waals surface area contributed by atoms with E-state index in [1.165, 1.54) is 0 Å². The second kappa shape index (κ2) is 6.18. The van der Waals surface area contributed by atoms with Crippen LogP contribution in [0.5, 0.6) is 0 Å². The smallest absolute Gasteiger partial charge is 0.241 e. The van der Waals surface area contributed by atoms with Gasteiger partial charge in [0.05, 0.1) is 12.6 Å². The van der Waals surface area contributed by atoms with Gasteiger partial charge in [0, 0.05) is 13.1 Å². The van der Waals surface area contributed by atoms with E-state index in [9.17, 15) is 9.59 Å². The molecule has 2 atom stereocenters. The molecule has 2 heterocycles. The van der Waals surface area contributed by atoms with Gasteiger partial charge in [-0.3, -0.25) is 9.59 Å². The first kappa shape index (κ1) is 13.3. The molecule has 2 aliphatic heterocycles. The van der Waals surface area contributed by atoms with E-state index in [1.807, 2.05) is 4.90 Å². The summed E-state index contributed by atoms with van der Waals surface area (Å²) in [6.07, 6.45) is 4.37. The molecule has 0 spiro atoms. The Hall–Kier alpha value is -1.10. The number of rotatable bonds is 3. The van der Waals surface area contributed by atoms with Crippen molar-refractivity contribution in [2.45, 2.75) is 38.6 Å². The summed E-state index contributed by atoms with van der Waals surface area (Å²) < 4.78 is 0. The van der Waals surface area contributed by atoms with Gasteiger partial charge < -0.3 is 15.5 Å². The highest BCUT2D eigenvalue weighted by Crippen LogP contribution is 2.15. The fraction of sp³-hybridized carbons (Fsp3) is 0.846. The van der Waals surface area contributed by atoms with Crippen molar-refractivity contribution in [1.82, 2.24) is 15.5 Å². The van der Waals surface area contributed by atoms with Crippen molar-refractivity contribution < 1.29 is 9.59 Å². The molecule has 2 saturated heterocycles. The minimum atomic E-state index is -0.134. The Morgan fingerprint density at radius 2 is 2.00 bits per heavy atom. The number of hydrogen-bond acceptors (Lipinski definition) is 3. The molecule has 0 saturated carbocycles. The van der Waals surface area contributed by atoms with Crippen LogP contribution in [0.15, 0.2) is 0 Å². The van der Waals surface area contributed by atoms with Crippen LogP contribution in [-0.4, -0.2) is 48.9 Å². The number of piperidine rings is 1.